The van der Waals surface area contributed by atoms with Crippen molar-refractivity contribution in [3.63, 3.8) is 0 Å². The first-order valence-electron chi connectivity index (χ1n) is 5.60. The highest BCUT2D eigenvalue weighted by molar-refractivity contribution is 9.10. The molecule has 1 aromatic rings. The smallest absolute Gasteiger partial charge is 0.434 e. The summed E-state index contributed by atoms with van der Waals surface area (Å²) >= 11 is 2.71. The van der Waals surface area contributed by atoms with Crippen molar-refractivity contribution < 1.29 is 40.6 Å². The minimum absolute atomic E-state index is 0.180. The molecular weight excluding hydrogens is 388 g/mol. The number of aromatic nitrogens is 1. The van der Waals surface area contributed by atoms with Crippen molar-refractivity contribution in [3.8, 4) is 5.88 Å². The molecule has 0 aliphatic rings. The number of nitrogens with zero attached hydrogens (tertiary/aromatic N) is 1. The summed E-state index contributed by atoms with van der Waals surface area (Å²) in [6.45, 7) is -0.622. The molecule has 0 aliphatic carbocycles. The van der Waals surface area contributed by atoms with Crippen LogP contribution in [0, 0.1) is 0 Å². The maximum absolute atomic E-state index is 12.9. The van der Waals surface area contributed by atoms with Crippen LogP contribution in [0.1, 0.15) is 23.0 Å². The zero-order valence-corrected chi connectivity index (χ0v) is 12.4. The van der Waals surface area contributed by atoms with E-state index in [-0.39, 0.29) is 11.1 Å². The molecule has 22 heavy (non-hydrogen) atoms. The molecule has 0 aliphatic heterocycles. The summed E-state index contributed by atoms with van der Waals surface area (Å²) in [5.74, 6) is -2.23. The summed E-state index contributed by atoms with van der Waals surface area (Å²) in [7, 11) is 0. The van der Waals surface area contributed by atoms with E-state index in [9.17, 15) is 31.1 Å². The van der Waals surface area contributed by atoms with Gasteiger partial charge in [-0.3, -0.25) is 0 Å². The lowest BCUT2D eigenvalue weighted by atomic mass is 10.2. The Morgan fingerprint density at radius 1 is 1.27 bits per heavy atom. The summed E-state index contributed by atoms with van der Waals surface area (Å²) in [5, 5.41) is 0. The van der Waals surface area contributed by atoms with Crippen LogP contribution in [-0.4, -0.2) is 30.3 Å². The van der Waals surface area contributed by atoms with E-state index in [4.69, 9.17) is 0 Å². The average Bonchev–Trinajstić information content (AvgIpc) is 2.34. The van der Waals surface area contributed by atoms with E-state index >= 15 is 0 Å². The number of esters is 1. The molecule has 1 aromatic heterocycles. The van der Waals surface area contributed by atoms with Gasteiger partial charge in [0.1, 0.15) is 0 Å². The van der Waals surface area contributed by atoms with Gasteiger partial charge < -0.3 is 9.47 Å². The molecule has 0 amide bonds. The Balaban J connectivity index is 3.27. The highest BCUT2D eigenvalue weighted by Gasteiger charge is 2.39. The monoisotopic (exact) mass is 395 g/mol. The highest BCUT2D eigenvalue weighted by Crippen LogP contribution is 2.36. The van der Waals surface area contributed by atoms with E-state index < -0.39 is 42.1 Å². The number of alkyl halides is 6. The Bertz CT molecular complexity index is 558. The second-order valence-corrected chi connectivity index (χ2v) is 4.65. The molecule has 0 unspecified atom stereocenters. The number of pyridine rings is 1. The largest absolute Gasteiger partial charge is 0.467 e. The van der Waals surface area contributed by atoms with E-state index in [1.54, 1.807) is 0 Å². The SMILES string of the molecule is CCOC(=O)c1cc(Br)c(OCC(F)(F)F)nc1C(F)(F)F. The fourth-order valence-corrected chi connectivity index (χ4v) is 1.74. The first-order chi connectivity index (χ1) is 9.95. The molecule has 11 heteroatoms. The van der Waals surface area contributed by atoms with Crippen molar-refractivity contribution in [1.82, 2.24) is 4.98 Å². The number of carbonyl (C=O) groups is 1. The fraction of sp³-hybridized carbons (Fsp3) is 0.455. The molecule has 0 fully saturated rings. The number of hydrogen-bond donors (Lipinski definition) is 0. The van der Waals surface area contributed by atoms with Crippen LogP contribution >= 0.6 is 15.9 Å². The van der Waals surface area contributed by atoms with Crippen LogP contribution < -0.4 is 4.74 Å². The molecule has 124 valence electrons. The van der Waals surface area contributed by atoms with Crippen molar-refractivity contribution in [1.29, 1.82) is 0 Å². The quantitative estimate of drug-likeness (QED) is 0.571. The predicted octanol–water partition coefficient (Wildman–Crippen LogP) is 3.98. The van der Waals surface area contributed by atoms with Crippen molar-refractivity contribution in [2.45, 2.75) is 19.3 Å². The molecule has 1 heterocycles. The Morgan fingerprint density at radius 2 is 1.86 bits per heavy atom. The Hall–Kier alpha value is -1.52. The third-order valence-electron chi connectivity index (χ3n) is 2.08. The minimum atomic E-state index is -5.07. The van der Waals surface area contributed by atoms with E-state index in [1.165, 1.54) is 6.92 Å². The Morgan fingerprint density at radius 3 is 2.32 bits per heavy atom. The van der Waals surface area contributed by atoms with Crippen LogP contribution in [0.3, 0.4) is 0 Å². The fourth-order valence-electron chi connectivity index (χ4n) is 1.30. The Kier molecular flexibility index (Phi) is 5.65. The number of ether oxygens (including phenoxy) is 2. The van der Waals surface area contributed by atoms with E-state index in [1.807, 2.05) is 0 Å². The van der Waals surface area contributed by atoms with Crippen LogP contribution in [0.2, 0.25) is 0 Å². The van der Waals surface area contributed by atoms with Gasteiger partial charge in [-0.1, -0.05) is 0 Å². The molecule has 1 rings (SSSR count). The molecule has 0 saturated carbocycles. The lowest BCUT2D eigenvalue weighted by Gasteiger charge is -2.15. The van der Waals surface area contributed by atoms with Crippen LogP contribution in [0.4, 0.5) is 26.3 Å². The van der Waals surface area contributed by atoms with E-state index in [0.717, 1.165) is 0 Å². The lowest BCUT2D eigenvalue weighted by Crippen LogP contribution is -2.22. The van der Waals surface area contributed by atoms with Crippen LogP contribution in [0.25, 0.3) is 0 Å². The zero-order chi connectivity index (χ0) is 17.1. The molecule has 0 aromatic carbocycles. The van der Waals surface area contributed by atoms with Crippen molar-refractivity contribution in [3.05, 3.63) is 21.8 Å². The van der Waals surface area contributed by atoms with Gasteiger partial charge in [-0.05, 0) is 28.9 Å². The van der Waals surface area contributed by atoms with Gasteiger partial charge in [0, 0.05) is 0 Å². The topological polar surface area (TPSA) is 48.4 Å². The molecule has 0 spiro atoms. The average molecular weight is 396 g/mol. The number of hydrogen-bond acceptors (Lipinski definition) is 4. The highest BCUT2D eigenvalue weighted by atomic mass is 79.9. The second-order valence-electron chi connectivity index (χ2n) is 3.79. The summed E-state index contributed by atoms with van der Waals surface area (Å²) in [6.07, 6.45) is -9.82. The van der Waals surface area contributed by atoms with E-state index in [2.05, 4.69) is 30.4 Å². The normalized spacial score (nSPS) is 12.2. The molecule has 0 bridgehead atoms. The molecule has 0 saturated heterocycles. The third-order valence-corrected chi connectivity index (χ3v) is 2.65. The molecule has 4 nitrogen and oxygen atoms in total. The first kappa shape index (κ1) is 18.5. The second kappa shape index (κ2) is 6.71. The summed E-state index contributed by atoms with van der Waals surface area (Å²) in [6, 6.07) is 0.652. The zero-order valence-electron chi connectivity index (χ0n) is 10.8. The lowest BCUT2D eigenvalue weighted by molar-refractivity contribution is -0.155. The van der Waals surface area contributed by atoms with E-state index in [0.29, 0.717) is 6.07 Å². The van der Waals surface area contributed by atoms with Crippen molar-refractivity contribution >= 4 is 21.9 Å². The van der Waals surface area contributed by atoms with Gasteiger partial charge in [0.25, 0.3) is 0 Å². The molecule has 0 atom stereocenters. The minimum Gasteiger partial charge on any atom is -0.467 e. The summed E-state index contributed by atoms with van der Waals surface area (Å²) in [4.78, 5) is 14.4. The van der Waals surface area contributed by atoms with Gasteiger partial charge in [0.15, 0.2) is 12.3 Å². The van der Waals surface area contributed by atoms with Gasteiger partial charge in [-0.2, -0.15) is 26.3 Å². The molecule has 0 N–H and O–H groups in total. The van der Waals surface area contributed by atoms with Crippen molar-refractivity contribution in [2.24, 2.45) is 0 Å². The maximum Gasteiger partial charge on any atom is 0.434 e. The number of halogens is 7. The number of carbonyl (C=O) groups excluding carboxylic acids is 1. The van der Waals surface area contributed by atoms with Crippen LogP contribution in [0.5, 0.6) is 5.88 Å². The standard InChI is InChI=1S/C11H8BrF6NO3/c1-2-21-9(20)5-3-6(12)8(22-4-10(13,14)15)19-7(5)11(16,17)18/h3H,2,4H2,1H3. The van der Waals surface area contributed by atoms with Gasteiger partial charge in [0.2, 0.25) is 5.88 Å². The van der Waals surface area contributed by atoms with Crippen LogP contribution in [-0.2, 0) is 10.9 Å². The third kappa shape index (κ3) is 5.04. The van der Waals surface area contributed by atoms with Gasteiger partial charge in [-0.15, -0.1) is 0 Å². The molecular formula is C11H8BrF6NO3. The summed E-state index contributed by atoms with van der Waals surface area (Å²) < 4.78 is 83.1. The first-order valence-corrected chi connectivity index (χ1v) is 6.39. The van der Waals surface area contributed by atoms with Gasteiger partial charge in [-0.25, -0.2) is 9.78 Å². The number of rotatable bonds is 4. The summed E-state index contributed by atoms with van der Waals surface area (Å²) in [5.41, 5.74) is -2.62. The Labute approximate surface area is 128 Å². The molecule has 0 radical (unpaired) electrons. The predicted molar refractivity (Wildman–Crippen MR) is 64.4 cm³/mol. The van der Waals surface area contributed by atoms with Gasteiger partial charge in [0.05, 0.1) is 16.6 Å². The van der Waals surface area contributed by atoms with Crippen molar-refractivity contribution in [2.75, 3.05) is 13.2 Å². The maximum atomic E-state index is 12.9. The van der Waals surface area contributed by atoms with Gasteiger partial charge >= 0.3 is 18.3 Å². The van der Waals surface area contributed by atoms with Crippen LogP contribution in [0.15, 0.2) is 10.5 Å².